The summed E-state index contributed by atoms with van der Waals surface area (Å²) in [4.78, 5) is 8.44. The molecule has 0 atom stereocenters. The van der Waals surface area contributed by atoms with E-state index in [0.717, 1.165) is 12.4 Å². The molecule has 1 heterocycles. The molecule has 0 saturated carbocycles. The van der Waals surface area contributed by atoms with Crippen LogP contribution in [0.4, 0.5) is 5.82 Å². The zero-order valence-electron chi connectivity index (χ0n) is 10.3. The maximum atomic E-state index is 5.93. The van der Waals surface area contributed by atoms with Crippen molar-refractivity contribution in [2.45, 2.75) is 18.6 Å². The van der Waals surface area contributed by atoms with E-state index >= 15 is 0 Å². The summed E-state index contributed by atoms with van der Waals surface area (Å²) >= 11 is 7.40. The van der Waals surface area contributed by atoms with Crippen LogP contribution < -0.4 is 5.32 Å². The van der Waals surface area contributed by atoms with Crippen molar-refractivity contribution >= 4 is 29.2 Å². The van der Waals surface area contributed by atoms with Gasteiger partial charge in [0.1, 0.15) is 11.0 Å². The van der Waals surface area contributed by atoms with Gasteiger partial charge in [0.15, 0.2) is 5.16 Å². The first-order chi connectivity index (χ1) is 8.67. The van der Waals surface area contributed by atoms with Crippen LogP contribution in [0.3, 0.4) is 0 Å². The molecule has 0 bridgehead atoms. The maximum absolute atomic E-state index is 5.93. The Morgan fingerprint density at radius 1 is 1.22 bits per heavy atom. The number of rotatable bonds is 4. The number of nitrogens with one attached hydrogen (secondary N) is 1. The van der Waals surface area contributed by atoms with Crippen LogP contribution in [-0.4, -0.2) is 16.2 Å². The highest BCUT2D eigenvalue weighted by Crippen LogP contribution is 2.17. The van der Waals surface area contributed by atoms with Gasteiger partial charge in [-0.05, 0) is 18.7 Å². The second-order valence-corrected chi connectivity index (χ2v) is 5.06. The lowest BCUT2D eigenvalue weighted by molar-refractivity contribution is 0.956. The summed E-state index contributed by atoms with van der Waals surface area (Å²) in [5.74, 6) is 0.750. The molecule has 0 radical (unpaired) electrons. The molecule has 0 amide bonds. The van der Waals surface area contributed by atoms with Gasteiger partial charge in [-0.2, -0.15) is 0 Å². The number of hydrogen-bond acceptors (Lipinski definition) is 4. The van der Waals surface area contributed by atoms with Gasteiger partial charge in [-0.25, -0.2) is 9.97 Å². The summed E-state index contributed by atoms with van der Waals surface area (Å²) in [5.41, 5.74) is 2.47. The van der Waals surface area contributed by atoms with Crippen LogP contribution >= 0.6 is 23.4 Å². The van der Waals surface area contributed by atoms with Crippen molar-refractivity contribution in [2.24, 2.45) is 0 Å². The molecule has 0 spiro atoms. The normalized spacial score (nSPS) is 10.4. The van der Waals surface area contributed by atoms with Crippen molar-refractivity contribution in [1.29, 1.82) is 0 Å². The lowest BCUT2D eigenvalue weighted by Gasteiger charge is -2.07. The summed E-state index contributed by atoms with van der Waals surface area (Å²) in [6, 6.07) is 10.1. The Balaban J connectivity index is 2.05. The standard InChI is InChI=1S/C13H14ClN3S/c1-9-3-5-10(6-4-9)8-15-12-7-11(14)16-13(17-12)18-2/h3-7H,8H2,1-2H3,(H,15,16,17). The van der Waals surface area contributed by atoms with E-state index in [2.05, 4.69) is 46.5 Å². The van der Waals surface area contributed by atoms with Crippen molar-refractivity contribution in [3.63, 3.8) is 0 Å². The second-order valence-electron chi connectivity index (χ2n) is 3.90. The van der Waals surface area contributed by atoms with E-state index in [0.29, 0.717) is 10.3 Å². The van der Waals surface area contributed by atoms with Crippen LogP contribution in [0.25, 0.3) is 0 Å². The topological polar surface area (TPSA) is 37.8 Å². The molecule has 0 unspecified atom stereocenters. The van der Waals surface area contributed by atoms with Crippen LogP contribution in [0, 0.1) is 6.92 Å². The van der Waals surface area contributed by atoms with Gasteiger partial charge in [-0.15, -0.1) is 0 Å². The molecule has 0 aliphatic rings. The van der Waals surface area contributed by atoms with Crippen LogP contribution in [0.5, 0.6) is 0 Å². The van der Waals surface area contributed by atoms with E-state index < -0.39 is 0 Å². The summed E-state index contributed by atoms with van der Waals surface area (Å²) in [6.07, 6.45) is 1.93. The summed E-state index contributed by atoms with van der Waals surface area (Å²) in [5, 5.41) is 4.38. The van der Waals surface area contributed by atoms with Gasteiger partial charge in [0.05, 0.1) is 0 Å². The average molecular weight is 280 g/mol. The highest BCUT2D eigenvalue weighted by molar-refractivity contribution is 7.98. The largest absolute Gasteiger partial charge is 0.366 e. The number of nitrogens with zero attached hydrogens (tertiary/aromatic N) is 2. The van der Waals surface area contributed by atoms with E-state index in [-0.39, 0.29) is 0 Å². The molecule has 1 N–H and O–H groups in total. The molecule has 0 aliphatic carbocycles. The monoisotopic (exact) mass is 279 g/mol. The molecule has 5 heteroatoms. The van der Waals surface area contributed by atoms with Crippen molar-refractivity contribution in [3.8, 4) is 0 Å². The number of hydrogen-bond donors (Lipinski definition) is 1. The van der Waals surface area contributed by atoms with Crippen molar-refractivity contribution in [1.82, 2.24) is 9.97 Å². The van der Waals surface area contributed by atoms with Gasteiger partial charge < -0.3 is 5.32 Å². The summed E-state index contributed by atoms with van der Waals surface area (Å²) < 4.78 is 0. The Labute approximate surface area is 116 Å². The van der Waals surface area contributed by atoms with Crippen LogP contribution in [0.2, 0.25) is 5.15 Å². The van der Waals surface area contributed by atoms with Gasteiger partial charge in [0.25, 0.3) is 0 Å². The number of aryl methyl sites for hydroxylation is 1. The van der Waals surface area contributed by atoms with E-state index in [1.807, 2.05) is 6.26 Å². The third kappa shape index (κ3) is 3.62. The minimum atomic E-state index is 0.459. The molecule has 2 rings (SSSR count). The van der Waals surface area contributed by atoms with Crippen molar-refractivity contribution < 1.29 is 0 Å². The minimum absolute atomic E-state index is 0.459. The maximum Gasteiger partial charge on any atom is 0.190 e. The molecule has 94 valence electrons. The number of aromatic nitrogens is 2. The first-order valence-electron chi connectivity index (χ1n) is 5.55. The molecule has 1 aromatic heterocycles. The lowest BCUT2D eigenvalue weighted by atomic mass is 10.1. The van der Waals surface area contributed by atoms with E-state index in [4.69, 9.17) is 11.6 Å². The fourth-order valence-corrected chi connectivity index (χ4v) is 2.09. The number of halogens is 1. The molecule has 0 fully saturated rings. The molecule has 18 heavy (non-hydrogen) atoms. The Morgan fingerprint density at radius 2 is 1.94 bits per heavy atom. The smallest absolute Gasteiger partial charge is 0.190 e. The predicted molar refractivity (Wildman–Crippen MR) is 77.3 cm³/mol. The van der Waals surface area contributed by atoms with E-state index in [9.17, 15) is 0 Å². The molecule has 0 aliphatic heterocycles. The third-order valence-electron chi connectivity index (χ3n) is 2.45. The molecule has 1 aromatic carbocycles. The minimum Gasteiger partial charge on any atom is -0.366 e. The SMILES string of the molecule is CSc1nc(Cl)cc(NCc2ccc(C)cc2)n1. The van der Waals surface area contributed by atoms with Crippen LogP contribution in [-0.2, 0) is 6.54 Å². The van der Waals surface area contributed by atoms with Gasteiger partial charge in [0.2, 0.25) is 0 Å². The Bertz CT molecular complexity index is 528. The molecule has 3 nitrogen and oxygen atoms in total. The van der Waals surface area contributed by atoms with Crippen LogP contribution in [0.15, 0.2) is 35.5 Å². The van der Waals surface area contributed by atoms with E-state index in [1.54, 1.807) is 6.07 Å². The third-order valence-corrected chi connectivity index (χ3v) is 3.19. The zero-order valence-corrected chi connectivity index (χ0v) is 11.8. The quantitative estimate of drug-likeness (QED) is 0.525. The molecule has 0 saturated heterocycles. The van der Waals surface area contributed by atoms with Crippen molar-refractivity contribution in [3.05, 3.63) is 46.6 Å². The Morgan fingerprint density at radius 3 is 2.61 bits per heavy atom. The summed E-state index contributed by atoms with van der Waals surface area (Å²) in [7, 11) is 0. The van der Waals surface area contributed by atoms with E-state index in [1.165, 1.54) is 22.9 Å². The average Bonchev–Trinajstić information content (AvgIpc) is 2.37. The Hall–Kier alpha value is -1.26. The number of benzene rings is 1. The number of thioether (sulfide) groups is 1. The van der Waals surface area contributed by atoms with Gasteiger partial charge >= 0.3 is 0 Å². The molecular weight excluding hydrogens is 266 g/mol. The predicted octanol–water partition coefficient (Wildman–Crippen LogP) is 3.77. The molecular formula is C13H14ClN3S. The fourth-order valence-electron chi connectivity index (χ4n) is 1.48. The highest BCUT2D eigenvalue weighted by Gasteiger charge is 2.02. The van der Waals surface area contributed by atoms with Gasteiger partial charge in [-0.3, -0.25) is 0 Å². The van der Waals surface area contributed by atoms with Gasteiger partial charge in [0, 0.05) is 12.6 Å². The van der Waals surface area contributed by atoms with Gasteiger partial charge in [-0.1, -0.05) is 53.2 Å². The second kappa shape index (κ2) is 6.07. The number of anilines is 1. The fraction of sp³-hybridized carbons (Fsp3) is 0.231. The summed E-state index contributed by atoms with van der Waals surface area (Å²) in [6.45, 7) is 2.80. The highest BCUT2D eigenvalue weighted by atomic mass is 35.5. The van der Waals surface area contributed by atoms with Crippen LogP contribution in [0.1, 0.15) is 11.1 Å². The lowest BCUT2D eigenvalue weighted by Crippen LogP contribution is -2.02. The zero-order chi connectivity index (χ0) is 13.0. The molecule has 2 aromatic rings. The first kappa shape index (κ1) is 13.2. The Kier molecular flexibility index (Phi) is 4.44. The van der Waals surface area contributed by atoms with Crippen molar-refractivity contribution in [2.75, 3.05) is 11.6 Å². The first-order valence-corrected chi connectivity index (χ1v) is 7.15.